The zero-order chi connectivity index (χ0) is 15.1. The number of carbonyl (C=O) groups is 2. The van der Waals surface area contributed by atoms with Crippen molar-refractivity contribution in [2.45, 2.75) is 66.7 Å². The zero-order valence-electron chi connectivity index (χ0n) is 13.2. The van der Waals surface area contributed by atoms with E-state index >= 15 is 0 Å². The average Bonchev–Trinajstić information content (AvgIpc) is 2.30. The van der Waals surface area contributed by atoms with Crippen LogP contribution in [-0.4, -0.2) is 25.2 Å². The maximum atomic E-state index is 10.7. The van der Waals surface area contributed by atoms with E-state index < -0.39 is 0 Å². The van der Waals surface area contributed by atoms with Crippen LogP contribution >= 0.6 is 0 Å². The molecule has 0 saturated heterocycles. The van der Waals surface area contributed by atoms with Crippen molar-refractivity contribution in [3.8, 4) is 0 Å². The maximum absolute atomic E-state index is 10.7. The standard InChI is InChI=1S/C8H16O2.C7H14O2/c1-3-5-6-7-8(9)10-4-2;1-4-9-7(8)5-6(2)3/h3-7H2,1-2H3;6H,4-5H2,1-3H3. The first kappa shape index (κ1) is 20.3. The van der Waals surface area contributed by atoms with E-state index in [1.807, 2.05) is 27.7 Å². The third-order valence-electron chi connectivity index (χ3n) is 2.17. The molecule has 114 valence electrons. The molecule has 0 heterocycles. The molecule has 0 bridgehead atoms. The molecule has 4 heteroatoms. The minimum absolute atomic E-state index is 0.0593. The summed E-state index contributed by atoms with van der Waals surface area (Å²) in [5, 5.41) is 0. The van der Waals surface area contributed by atoms with E-state index in [-0.39, 0.29) is 11.9 Å². The quantitative estimate of drug-likeness (QED) is 0.500. The van der Waals surface area contributed by atoms with Crippen molar-refractivity contribution in [2.75, 3.05) is 13.2 Å². The summed E-state index contributed by atoms with van der Waals surface area (Å²) < 4.78 is 9.46. The van der Waals surface area contributed by atoms with E-state index in [0.29, 0.717) is 32.0 Å². The molecule has 0 aliphatic heterocycles. The summed E-state index contributed by atoms with van der Waals surface area (Å²) in [6.45, 7) is 10.8. The van der Waals surface area contributed by atoms with Crippen LogP contribution in [0.4, 0.5) is 0 Å². The molecule has 0 aliphatic rings. The molecule has 19 heavy (non-hydrogen) atoms. The van der Waals surface area contributed by atoms with Gasteiger partial charge in [-0.1, -0.05) is 33.6 Å². The van der Waals surface area contributed by atoms with E-state index in [4.69, 9.17) is 9.47 Å². The first-order chi connectivity index (χ1) is 8.97. The van der Waals surface area contributed by atoms with E-state index in [1.165, 1.54) is 0 Å². The summed E-state index contributed by atoms with van der Waals surface area (Å²) in [6.07, 6.45) is 4.36. The van der Waals surface area contributed by atoms with E-state index in [0.717, 1.165) is 19.3 Å². The third-order valence-corrected chi connectivity index (χ3v) is 2.17. The van der Waals surface area contributed by atoms with Gasteiger partial charge in [-0.15, -0.1) is 0 Å². The molecule has 0 fully saturated rings. The highest BCUT2D eigenvalue weighted by molar-refractivity contribution is 5.69. The molecule has 0 saturated carbocycles. The van der Waals surface area contributed by atoms with Crippen LogP contribution in [0.25, 0.3) is 0 Å². The zero-order valence-corrected chi connectivity index (χ0v) is 13.2. The molecule has 0 aromatic carbocycles. The summed E-state index contributed by atoms with van der Waals surface area (Å²) in [5.74, 6) is 0.257. The van der Waals surface area contributed by atoms with Crippen molar-refractivity contribution in [1.29, 1.82) is 0 Å². The number of esters is 2. The topological polar surface area (TPSA) is 52.6 Å². The third kappa shape index (κ3) is 19.5. The summed E-state index contributed by atoms with van der Waals surface area (Å²) in [6, 6.07) is 0. The van der Waals surface area contributed by atoms with Gasteiger partial charge in [0.05, 0.1) is 13.2 Å². The Morgan fingerprint density at radius 2 is 1.42 bits per heavy atom. The fourth-order valence-electron chi connectivity index (χ4n) is 1.31. The van der Waals surface area contributed by atoms with Gasteiger partial charge in [0.15, 0.2) is 0 Å². The Hall–Kier alpha value is -1.06. The van der Waals surface area contributed by atoms with Gasteiger partial charge >= 0.3 is 11.9 Å². The largest absolute Gasteiger partial charge is 0.466 e. The summed E-state index contributed by atoms with van der Waals surface area (Å²) in [7, 11) is 0. The SMILES string of the molecule is CCCCCC(=O)OCC.CCOC(=O)CC(C)C. The lowest BCUT2D eigenvalue weighted by Crippen LogP contribution is -2.06. The van der Waals surface area contributed by atoms with Crippen molar-refractivity contribution >= 4 is 11.9 Å². The molecular formula is C15H30O4. The smallest absolute Gasteiger partial charge is 0.306 e. The van der Waals surface area contributed by atoms with Gasteiger partial charge in [-0.3, -0.25) is 9.59 Å². The first-order valence-corrected chi connectivity index (χ1v) is 7.29. The van der Waals surface area contributed by atoms with Crippen LogP contribution in [0, 0.1) is 5.92 Å². The van der Waals surface area contributed by atoms with Crippen LogP contribution in [0.15, 0.2) is 0 Å². The van der Waals surface area contributed by atoms with Gasteiger partial charge in [0, 0.05) is 12.8 Å². The predicted molar refractivity (Wildman–Crippen MR) is 76.9 cm³/mol. The molecule has 0 amide bonds. The number of unbranched alkanes of at least 4 members (excludes halogenated alkanes) is 2. The minimum Gasteiger partial charge on any atom is -0.466 e. The molecular weight excluding hydrogens is 244 g/mol. The summed E-state index contributed by atoms with van der Waals surface area (Å²) in [5.41, 5.74) is 0. The summed E-state index contributed by atoms with van der Waals surface area (Å²) in [4.78, 5) is 21.3. The average molecular weight is 274 g/mol. The number of rotatable bonds is 8. The second-order valence-electron chi connectivity index (χ2n) is 4.67. The second-order valence-corrected chi connectivity index (χ2v) is 4.67. The van der Waals surface area contributed by atoms with Gasteiger partial charge in [0.25, 0.3) is 0 Å². The van der Waals surface area contributed by atoms with Crippen molar-refractivity contribution in [3.63, 3.8) is 0 Å². The van der Waals surface area contributed by atoms with Crippen LogP contribution < -0.4 is 0 Å². The van der Waals surface area contributed by atoms with E-state index in [1.54, 1.807) is 0 Å². The fraction of sp³-hybridized carbons (Fsp3) is 0.867. The number of ether oxygens (including phenoxy) is 2. The lowest BCUT2D eigenvalue weighted by molar-refractivity contribution is -0.144. The fourth-order valence-corrected chi connectivity index (χ4v) is 1.31. The Balaban J connectivity index is 0. The molecule has 0 spiro atoms. The van der Waals surface area contributed by atoms with Gasteiger partial charge < -0.3 is 9.47 Å². The monoisotopic (exact) mass is 274 g/mol. The highest BCUT2D eigenvalue weighted by Gasteiger charge is 2.03. The van der Waals surface area contributed by atoms with E-state index in [2.05, 4.69) is 6.92 Å². The Labute approximate surface area is 117 Å². The van der Waals surface area contributed by atoms with E-state index in [9.17, 15) is 9.59 Å². The van der Waals surface area contributed by atoms with Crippen molar-refractivity contribution in [1.82, 2.24) is 0 Å². The van der Waals surface area contributed by atoms with Gasteiger partial charge in [0.2, 0.25) is 0 Å². The molecule has 0 aromatic heterocycles. The number of carbonyl (C=O) groups excluding carboxylic acids is 2. The molecule has 0 N–H and O–H groups in total. The minimum atomic E-state index is -0.0903. The molecule has 0 aliphatic carbocycles. The summed E-state index contributed by atoms with van der Waals surface area (Å²) >= 11 is 0. The lowest BCUT2D eigenvalue weighted by atomic mass is 10.1. The Morgan fingerprint density at radius 1 is 0.895 bits per heavy atom. The highest BCUT2D eigenvalue weighted by Crippen LogP contribution is 2.00. The Kier molecular flexibility index (Phi) is 16.0. The van der Waals surface area contributed by atoms with Crippen LogP contribution in [0.3, 0.4) is 0 Å². The Morgan fingerprint density at radius 3 is 1.84 bits per heavy atom. The molecule has 0 rings (SSSR count). The molecule has 0 atom stereocenters. The predicted octanol–water partition coefficient (Wildman–Crippen LogP) is 3.73. The van der Waals surface area contributed by atoms with Crippen LogP contribution in [-0.2, 0) is 19.1 Å². The van der Waals surface area contributed by atoms with Crippen LogP contribution in [0.1, 0.15) is 66.7 Å². The van der Waals surface area contributed by atoms with Gasteiger partial charge in [-0.25, -0.2) is 0 Å². The maximum Gasteiger partial charge on any atom is 0.306 e. The highest BCUT2D eigenvalue weighted by atomic mass is 16.5. The van der Waals surface area contributed by atoms with Crippen LogP contribution in [0.2, 0.25) is 0 Å². The molecule has 4 nitrogen and oxygen atoms in total. The lowest BCUT2D eigenvalue weighted by Gasteiger charge is -2.02. The number of hydrogen-bond acceptors (Lipinski definition) is 4. The van der Waals surface area contributed by atoms with Crippen LogP contribution in [0.5, 0.6) is 0 Å². The molecule has 0 aromatic rings. The first-order valence-electron chi connectivity index (χ1n) is 7.29. The normalized spacial score (nSPS) is 9.58. The molecule has 0 radical (unpaired) electrons. The Bertz CT molecular complexity index is 224. The van der Waals surface area contributed by atoms with Gasteiger partial charge in [-0.2, -0.15) is 0 Å². The molecule has 0 unspecified atom stereocenters. The van der Waals surface area contributed by atoms with Gasteiger partial charge in [-0.05, 0) is 26.2 Å². The number of hydrogen-bond donors (Lipinski definition) is 0. The van der Waals surface area contributed by atoms with Crippen molar-refractivity contribution in [3.05, 3.63) is 0 Å². The van der Waals surface area contributed by atoms with Crippen molar-refractivity contribution < 1.29 is 19.1 Å². The second kappa shape index (κ2) is 15.0. The van der Waals surface area contributed by atoms with Crippen molar-refractivity contribution in [2.24, 2.45) is 5.92 Å². The van der Waals surface area contributed by atoms with Gasteiger partial charge in [0.1, 0.15) is 0 Å².